The minimum absolute atomic E-state index is 0.214. The van der Waals surface area contributed by atoms with Gasteiger partial charge < -0.3 is 9.84 Å². The molecule has 1 saturated heterocycles. The number of nitrogens with zero attached hydrogens (tertiary/aromatic N) is 2. The van der Waals surface area contributed by atoms with Crippen molar-refractivity contribution < 1.29 is 18.3 Å². The van der Waals surface area contributed by atoms with Crippen LogP contribution in [-0.2, 0) is 10.0 Å². The Labute approximate surface area is 161 Å². The van der Waals surface area contributed by atoms with Crippen molar-refractivity contribution in [2.75, 3.05) is 39.3 Å². The van der Waals surface area contributed by atoms with Crippen LogP contribution in [0.25, 0.3) is 0 Å². The molecule has 2 aromatic carbocycles. The molecule has 1 aliphatic heterocycles. The third-order valence-electron chi connectivity index (χ3n) is 4.64. The monoisotopic (exact) mass is 390 g/mol. The number of hydrogen-bond donors (Lipinski definition) is 1. The Kier molecular flexibility index (Phi) is 6.49. The van der Waals surface area contributed by atoms with Gasteiger partial charge in [-0.05, 0) is 31.2 Å². The molecule has 0 aromatic heterocycles. The van der Waals surface area contributed by atoms with Gasteiger partial charge in [0.25, 0.3) is 0 Å². The minimum Gasteiger partial charge on any atom is -0.491 e. The Hall–Kier alpha value is -1.93. The zero-order valence-electron chi connectivity index (χ0n) is 15.5. The summed E-state index contributed by atoms with van der Waals surface area (Å²) in [6.07, 6.45) is -0.622. The van der Waals surface area contributed by atoms with Crippen molar-refractivity contribution in [1.82, 2.24) is 9.21 Å². The van der Waals surface area contributed by atoms with Crippen molar-refractivity contribution in [3.8, 4) is 5.75 Å². The topological polar surface area (TPSA) is 70.1 Å². The van der Waals surface area contributed by atoms with Crippen molar-refractivity contribution in [2.24, 2.45) is 0 Å². The van der Waals surface area contributed by atoms with E-state index < -0.39 is 16.1 Å². The quantitative estimate of drug-likeness (QED) is 0.780. The Balaban J connectivity index is 1.45. The molecule has 27 heavy (non-hydrogen) atoms. The standard InChI is InChI=1S/C20H26N2O4S/c1-17-7-9-19(10-8-17)26-16-18(23)15-21-11-13-22(14-12-21)27(24,25)20-5-3-2-4-6-20/h2-10,18,23H,11-16H2,1H3. The average molecular weight is 391 g/mol. The van der Waals surface area contributed by atoms with Crippen LogP contribution < -0.4 is 4.74 Å². The first-order valence-corrected chi connectivity index (χ1v) is 10.5. The summed E-state index contributed by atoms with van der Waals surface area (Å²) in [6.45, 7) is 4.71. The Morgan fingerprint density at radius 3 is 2.26 bits per heavy atom. The van der Waals surface area contributed by atoms with Crippen LogP contribution in [0, 0.1) is 6.92 Å². The average Bonchev–Trinajstić information content (AvgIpc) is 2.69. The van der Waals surface area contributed by atoms with Crippen molar-refractivity contribution in [1.29, 1.82) is 0 Å². The van der Waals surface area contributed by atoms with Crippen molar-refractivity contribution in [3.05, 3.63) is 60.2 Å². The molecule has 3 rings (SSSR count). The molecule has 1 N–H and O–H groups in total. The van der Waals surface area contributed by atoms with E-state index in [1.807, 2.05) is 31.2 Å². The van der Waals surface area contributed by atoms with Gasteiger partial charge in [-0.25, -0.2) is 8.42 Å². The molecule has 1 aliphatic rings. The molecule has 1 atom stereocenters. The van der Waals surface area contributed by atoms with Crippen LogP contribution in [0.2, 0.25) is 0 Å². The molecule has 1 fully saturated rings. The molecule has 6 nitrogen and oxygen atoms in total. The fourth-order valence-electron chi connectivity index (χ4n) is 3.07. The first-order chi connectivity index (χ1) is 12.9. The molecule has 146 valence electrons. The molecule has 0 saturated carbocycles. The van der Waals surface area contributed by atoms with E-state index in [1.165, 1.54) is 4.31 Å². The first-order valence-electron chi connectivity index (χ1n) is 9.10. The normalized spacial score (nSPS) is 17.6. The van der Waals surface area contributed by atoms with Gasteiger partial charge in [0.2, 0.25) is 10.0 Å². The molecule has 0 aliphatic carbocycles. The van der Waals surface area contributed by atoms with E-state index >= 15 is 0 Å². The smallest absolute Gasteiger partial charge is 0.243 e. The molecule has 0 bridgehead atoms. The predicted molar refractivity (Wildman–Crippen MR) is 104 cm³/mol. The SMILES string of the molecule is Cc1ccc(OCC(O)CN2CCN(S(=O)(=O)c3ccccc3)CC2)cc1. The van der Waals surface area contributed by atoms with E-state index in [1.54, 1.807) is 30.3 Å². The molecular formula is C20H26N2O4S. The molecule has 1 unspecified atom stereocenters. The van der Waals surface area contributed by atoms with Gasteiger partial charge in [0.1, 0.15) is 18.5 Å². The van der Waals surface area contributed by atoms with Crippen LogP contribution in [0.3, 0.4) is 0 Å². The van der Waals surface area contributed by atoms with Crippen molar-refractivity contribution in [3.63, 3.8) is 0 Å². The Morgan fingerprint density at radius 1 is 1.00 bits per heavy atom. The van der Waals surface area contributed by atoms with E-state index in [0.29, 0.717) is 37.6 Å². The molecule has 2 aromatic rings. The maximum atomic E-state index is 12.6. The van der Waals surface area contributed by atoms with Gasteiger partial charge in [-0.2, -0.15) is 4.31 Å². The number of aliphatic hydroxyl groups excluding tert-OH is 1. The maximum absolute atomic E-state index is 12.6. The molecule has 1 heterocycles. The summed E-state index contributed by atoms with van der Waals surface area (Å²) in [5.74, 6) is 0.735. The second kappa shape index (κ2) is 8.84. The maximum Gasteiger partial charge on any atom is 0.243 e. The minimum atomic E-state index is -3.44. The van der Waals surface area contributed by atoms with E-state index in [2.05, 4.69) is 4.90 Å². The lowest BCUT2D eigenvalue weighted by molar-refractivity contribution is 0.0569. The van der Waals surface area contributed by atoms with Gasteiger partial charge in [-0.1, -0.05) is 35.9 Å². The molecule has 0 amide bonds. The summed E-state index contributed by atoms with van der Waals surface area (Å²) in [5, 5.41) is 10.2. The number of sulfonamides is 1. The summed E-state index contributed by atoms with van der Waals surface area (Å²) in [6, 6.07) is 16.2. The molecule has 0 spiro atoms. The number of aryl methyl sites for hydroxylation is 1. The first kappa shape index (κ1) is 19.8. The second-order valence-corrected chi connectivity index (χ2v) is 8.73. The molecule has 0 radical (unpaired) electrons. The van der Waals surface area contributed by atoms with Gasteiger partial charge in [0.15, 0.2) is 0 Å². The Bertz CT molecular complexity index is 817. The molecular weight excluding hydrogens is 364 g/mol. The van der Waals surface area contributed by atoms with Gasteiger partial charge in [-0.15, -0.1) is 0 Å². The highest BCUT2D eigenvalue weighted by Gasteiger charge is 2.28. The van der Waals surface area contributed by atoms with Crippen molar-refractivity contribution >= 4 is 10.0 Å². The number of β-amino-alcohol motifs (C(OH)–C–C–N with tert-alkyl or cyclic N) is 1. The lowest BCUT2D eigenvalue weighted by Gasteiger charge is -2.34. The molecule has 7 heteroatoms. The number of piperazine rings is 1. The number of hydrogen-bond acceptors (Lipinski definition) is 5. The highest BCUT2D eigenvalue weighted by Crippen LogP contribution is 2.17. The fourth-order valence-corrected chi connectivity index (χ4v) is 4.51. The number of benzene rings is 2. The van der Waals surface area contributed by atoms with E-state index in [9.17, 15) is 13.5 Å². The highest BCUT2D eigenvalue weighted by molar-refractivity contribution is 7.89. The Morgan fingerprint density at radius 2 is 1.63 bits per heavy atom. The van der Waals surface area contributed by atoms with Crippen molar-refractivity contribution in [2.45, 2.75) is 17.9 Å². The van der Waals surface area contributed by atoms with Crippen LogP contribution in [0.15, 0.2) is 59.5 Å². The van der Waals surface area contributed by atoms with Crippen LogP contribution in [-0.4, -0.2) is 68.2 Å². The lowest BCUT2D eigenvalue weighted by atomic mass is 10.2. The van der Waals surface area contributed by atoms with E-state index in [4.69, 9.17) is 4.74 Å². The number of ether oxygens (including phenoxy) is 1. The second-order valence-electron chi connectivity index (χ2n) is 6.80. The predicted octanol–water partition coefficient (Wildman–Crippen LogP) is 1.74. The summed E-state index contributed by atoms with van der Waals surface area (Å²) in [7, 11) is -3.44. The van der Waals surface area contributed by atoms with Gasteiger partial charge >= 0.3 is 0 Å². The zero-order chi connectivity index (χ0) is 19.3. The third kappa shape index (κ3) is 5.29. The van der Waals surface area contributed by atoms with Gasteiger partial charge in [0, 0.05) is 32.7 Å². The fraction of sp³-hybridized carbons (Fsp3) is 0.400. The summed E-state index contributed by atoms with van der Waals surface area (Å²) in [4.78, 5) is 2.39. The number of aliphatic hydroxyl groups is 1. The van der Waals surface area contributed by atoms with E-state index in [-0.39, 0.29) is 6.61 Å². The number of rotatable bonds is 7. The van der Waals surface area contributed by atoms with E-state index in [0.717, 1.165) is 11.3 Å². The van der Waals surface area contributed by atoms with Gasteiger partial charge in [-0.3, -0.25) is 4.90 Å². The summed E-state index contributed by atoms with van der Waals surface area (Å²) >= 11 is 0. The highest BCUT2D eigenvalue weighted by atomic mass is 32.2. The lowest BCUT2D eigenvalue weighted by Crippen LogP contribution is -2.50. The van der Waals surface area contributed by atoms with Crippen LogP contribution in [0.4, 0.5) is 0 Å². The van der Waals surface area contributed by atoms with Crippen LogP contribution >= 0.6 is 0 Å². The largest absolute Gasteiger partial charge is 0.491 e. The third-order valence-corrected chi connectivity index (χ3v) is 6.56. The summed E-state index contributed by atoms with van der Waals surface area (Å²) in [5.41, 5.74) is 1.16. The van der Waals surface area contributed by atoms with Gasteiger partial charge in [0.05, 0.1) is 4.90 Å². The summed E-state index contributed by atoms with van der Waals surface area (Å²) < 4.78 is 32.4. The van der Waals surface area contributed by atoms with Crippen LogP contribution in [0.5, 0.6) is 5.75 Å². The van der Waals surface area contributed by atoms with Crippen LogP contribution in [0.1, 0.15) is 5.56 Å². The zero-order valence-corrected chi connectivity index (χ0v) is 16.3.